The summed E-state index contributed by atoms with van der Waals surface area (Å²) < 4.78 is 16.9. The number of aliphatic hydroxyl groups excluding tert-OH is 3. The van der Waals surface area contributed by atoms with Gasteiger partial charge in [0.05, 0.1) is 25.1 Å². The number of hydrogen-bond donors (Lipinski definition) is 9. The van der Waals surface area contributed by atoms with Crippen molar-refractivity contribution in [2.24, 2.45) is 5.92 Å². The summed E-state index contributed by atoms with van der Waals surface area (Å²) in [6.07, 6.45) is -2.40. The molecular formula is C40H51N11O13. The molecule has 2 saturated heterocycles. The van der Waals surface area contributed by atoms with Gasteiger partial charge in [0.2, 0.25) is 23.6 Å². The van der Waals surface area contributed by atoms with Gasteiger partial charge in [-0.25, -0.2) is 19.7 Å². The van der Waals surface area contributed by atoms with Gasteiger partial charge < -0.3 is 61.1 Å². The van der Waals surface area contributed by atoms with Crippen molar-refractivity contribution < 1.29 is 63.1 Å². The molecule has 3 aliphatic rings. The number of H-pyrrole nitrogens is 1. The van der Waals surface area contributed by atoms with Crippen molar-refractivity contribution in [2.45, 2.75) is 95.0 Å². The van der Waals surface area contributed by atoms with Crippen LogP contribution in [0.5, 0.6) is 0 Å². The number of hydrogen-bond acceptors (Lipinski definition) is 17. The highest BCUT2D eigenvalue weighted by Gasteiger charge is 2.49. The van der Waals surface area contributed by atoms with E-state index >= 15 is 0 Å². The number of methoxy groups -OCH3 is 1. The number of aromatic nitrogens is 4. The number of nitrogens with one attached hydrogen (secondary N) is 6. The molecule has 0 saturated carbocycles. The van der Waals surface area contributed by atoms with Gasteiger partial charge >= 0.3 is 6.09 Å². The average Bonchev–Trinajstić information content (AvgIpc) is 4.02. The number of fused-ring (bicyclic) bond motifs is 1. The second-order valence-corrected chi connectivity index (χ2v) is 15.6. The van der Waals surface area contributed by atoms with E-state index in [0.717, 1.165) is 17.1 Å². The number of nitrogens with zero attached hydrogens (tertiary/aromatic N) is 5. The van der Waals surface area contributed by atoms with Crippen LogP contribution in [0.25, 0.3) is 11.2 Å². The topological polar surface area (TPSA) is 329 Å². The zero-order valence-electron chi connectivity index (χ0n) is 35.3. The normalized spacial score (nSPS) is 24.1. The minimum atomic E-state index is -1.64. The first-order valence-corrected chi connectivity index (χ1v) is 20.4. The number of aromatic amines is 1. The highest BCUT2D eigenvalue weighted by atomic mass is 16.6. The smallest absolute Gasteiger partial charge is 0.410 e. The number of carbonyl (C=O) groups is 7. The number of imidazole rings is 1. The van der Waals surface area contributed by atoms with E-state index in [-0.39, 0.29) is 44.3 Å². The van der Waals surface area contributed by atoms with Crippen molar-refractivity contribution in [3.05, 3.63) is 54.6 Å². The van der Waals surface area contributed by atoms with E-state index in [1.165, 1.54) is 31.6 Å². The minimum absolute atomic E-state index is 0.0865. The fourth-order valence-electron chi connectivity index (χ4n) is 7.38. The Morgan fingerprint density at radius 3 is 2.36 bits per heavy atom. The Kier molecular flexibility index (Phi) is 15.2. The standard InChI is InChI=1S/C40H51N11O13/c1-19(2)28(47-25(53)12-14-50-26(54)9-10-27(50)55)37(59)45-20(3)36(58)46-22-7-5-21(6-8-22)16-63-40(61)51-13-11-23(62-4)31(51)38(60)48-29-24(15-52)64-39(33(57)32(29)56)49-35-30-34(42-17-41-30)43-18-44-35/h5-10,17-20,23-24,28-29,31-33,39,52,56-57H,11-16H2,1-4H3,(H,45,59)(H,46,58)(H,47,53)(H,48,60)(H2,41,42,43,44,49)/t20-,23-,24-,28-,29-,31+,32+,33-,39-/m0/s1. The molecule has 3 aromatic rings. The summed E-state index contributed by atoms with van der Waals surface area (Å²) in [5.74, 6) is -3.68. The molecule has 2 fully saturated rings. The number of benzene rings is 1. The van der Waals surface area contributed by atoms with Gasteiger partial charge in [0.1, 0.15) is 54.9 Å². The number of amides is 7. The SMILES string of the molecule is CO[C@H]1CCN(C(=O)OCc2ccc(NC(=O)[C@H](C)NC(=O)[C@@H](NC(=O)CCN3C(=O)C=CC3=O)C(C)C)cc2)[C@H]1C(=O)N[C@@H]1[C@@H](O)[C@H](O)[C@@H](Nc2ncnc3nc[nH]c23)O[C@H]1CO. The van der Waals surface area contributed by atoms with Gasteiger partial charge in [-0.3, -0.25) is 38.6 Å². The van der Waals surface area contributed by atoms with E-state index in [9.17, 15) is 48.9 Å². The quantitative estimate of drug-likeness (QED) is 0.0663. The van der Waals surface area contributed by atoms with Gasteiger partial charge in [-0.05, 0) is 37.0 Å². The number of imide groups is 1. The third kappa shape index (κ3) is 10.8. The van der Waals surface area contributed by atoms with E-state index in [2.05, 4.69) is 46.5 Å². The van der Waals surface area contributed by atoms with E-state index in [4.69, 9.17) is 14.2 Å². The van der Waals surface area contributed by atoms with Crippen LogP contribution in [0.2, 0.25) is 0 Å². The van der Waals surface area contributed by atoms with Crippen molar-refractivity contribution in [3.8, 4) is 0 Å². The van der Waals surface area contributed by atoms with Crippen LogP contribution in [0.3, 0.4) is 0 Å². The lowest BCUT2D eigenvalue weighted by atomic mass is 9.94. The Morgan fingerprint density at radius 2 is 1.69 bits per heavy atom. The zero-order chi connectivity index (χ0) is 46.2. The molecule has 0 spiro atoms. The molecule has 24 nitrogen and oxygen atoms in total. The van der Waals surface area contributed by atoms with Gasteiger partial charge in [0.25, 0.3) is 11.8 Å². The van der Waals surface area contributed by atoms with Crippen LogP contribution in [0.15, 0.2) is 49.1 Å². The highest BCUT2D eigenvalue weighted by Crippen LogP contribution is 2.27. The Labute approximate surface area is 365 Å². The molecule has 0 unspecified atom stereocenters. The zero-order valence-corrected chi connectivity index (χ0v) is 35.3. The molecule has 0 bridgehead atoms. The van der Waals surface area contributed by atoms with Crippen molar-refractivity contribution >= 4 is 64.2 Å². The molecule has 24 heteroatoms. The molecule has 2 aromatic heterocycles. The maximum atomic E-state index is 13.8. The number of aliphatic hydroxyl groups is 3. The summed E-state index contributed by atoms with van der Waals surface area (Å²) in [6.45, 7) is 3.94. The number of rotatable bonds is 17. The Morgan fingerprint density at radius 1 is 0.969 bits per heavy atom. The average molecular weight is 894 g/mol. The summed E-state index contributed by atoms with van der Waals surface area (Å²) in [6, 6.07) is 1.75. The van der Waals surface area contributed by atoms with Crippen LogP contribution in [0, 0.1) is 5.92 Å². The molecule has 6 rings (SSSR count). The predicted octanol–water partition coefficient (Wildman–Crippen LogP) is -1.99. The molecule has 7 amide bonds. The molecule has 0 aliphatic carbocycles. The first kappa shape index (κ1) is 46.9. The van der Waals surface area contributed by atoms with Crippen LogP contribution < -0.4 is 26.6 Å². The van der Waals surface area contributed by atoms with E-state index in [0.29, 0.717) is 22.4 Å². The third-order valence-corrected chi connectivity index (χ3v) is 11.0. The molecular weight excluding hydrogens is 843 g/mol. The first-order chi connectivity index (χ1) is 30.6. The van der Waals surface area contributed by atoms with E-state index in [1.54, 1.807) is 38.1 Å². The molecule has 344 valence electrons. The lowest BCUT2D eigenvalue weighted by Gasteiger charge is -2.43. The second kappa shape index (κ2) is 20.7. The molecule has 0 radical (unpaired) electrons. The summed E-state index contributed by atoms with van der Waals surface area (Å²) in [5, 5.41) is 45.7. The fraction of sp³-hybridized carbons (Fsp3) is 0.500. The third-order valence-electron chi connectivity index (χ3n) is 11.0. The van der Waals surface area contributed by atoms with Crippen LogP contribution >= 0.6 is 0 Å². The number of ether oxygens (including phenoxy) is 3. The van der Waals surface area contributed by atoms with Gasteiger partial charge in [-0.1, -0.05) is 26.0 Å². The van der Waals surface area contributed by atoms with Gasteiger partial charge in [-0.15, -0.1) is 0 Å². The van der Waals surface area contributed by atoms with Crippen LogP contribution in [0.1, 0.15) is 39.2 Å². The predicted molar refractivity (Wildman–Crippen MR) is 221 cm³/mol. The van der Waals surface area contributed by atoms with Crippen molar-refractivity contribution in [2.75, 3.05) is 37.4 Å². The Balaban J connectivity index is 0.978. The largest absolute Gasteiger partial charge is 0.445 e. The molecule has 9 N–H and O–H groups in total. The molecule has 9 atom stereocenters. The van der Waals surface area contributed by atoms with E-state index < -0.39 is 103 Å². The molecule has 3 aliphatic heterocycles. The Hall–Kier alpha value is -6.60. The highest BCUT2D eigenvalue weighted by molar-refractivity contribution is 6.13. The number of carbonyl (C=O) groups excluding carboxylic acids is 7. The van der Waals surface area contributed by atoms with Crippen molar-refractivity contribution in [1.29, 1.82) is 0 Å². The van der Waals surface area contributed by atoms with Crippen molar-refractivity contribution in [3.63, 3.8) is 0 Å². The van der Waals surface area contributed by atoms with Crippen molar-refractivity contribution in [1.82, 2.24) is 45.7 Å². The van der Waals surface area contributed by atoms with E-state index in [1.807, 2.05) is 0 Å². The Bertz CT molecular complexity index is 2220. The second-order valence-electron chi connectivity index (χ2n) is 15.6. The first-order valence-electron chi connectivity index (χ1n) is 20.4. The summed E-state index contributed by atoms with van der Waals surface area (Å²) >= 11 is 0. The lowest BCUT2D eigenvalue weighted by Crippen LogP contribution is -2.67. The van der Waals surface area contributed by atoms with Crippen LogP contribution in [-0.2, 0) is 49.6 Å². The lowest BCUT2D eigenvalue weighted by molar-refractivity contribution is -0.186. The van der Waals surface area contributed by atoms with Gasteiger partial charge in [-0.2, -0.15) is 0 Å². The summed E-state index contributed by atoms with van der Waals surface area (Å²) in [7, 11) is 1.38. The maximum absolute atomic E-state index is 13.8. The van der Waals surface area contributed by atoms with Crippen LogP contribution in [-0.4, -0.2) is 168 Å². The maximum Gasteiger partial charge on any atom is 0.410 e. The molecule has 64 heavy (non-hydrogen) atoms. The monoisotopic (exact) mass is 893 g/mol. The van der Waals surface area contributed by atoms with Crippen LogP contribution in [0.4, 0.5) is 16.3 Å². The number of likely N-dealkylation sites (tertiary alicyclic amines) is 1. The summed E-state index contributed by atoms with van der Waals surface area (Å²) in [5.41, 5.74) is 1.64. The fourth-order valence-corrected chi connectivity index (χ4v) is 7.38. The molecule has 1 aromatic carbocycles. The van der Waals surface area contributed by atoms with Gasteiger partial charge in [0, 0.05) is 44.5 Å². The van der Waals surface area contributed by atoms with Gasteiger partial charge in [0.15, 0.2) is 17.7 Å². The number of anilines is 2. The summed E-state index contributed by atoms with van der Waals surface area (Å²) in [4.78, 5) is 107. The molecule has 5 heterocycles. The minimum Gasteiger partial charge on any atom is -0.445 e.